The molecule has 0 saturated carbocycles. The number of aryl methyl sites for hydroxylation is 2. The van der Waals surface area contributed by atoms with Crippen LogP contribution < -0.4 is 37.6 Å². The van der Waals surface area contributed by atoms with Crippen LogP contribution in [0.3, 0.4) is 0 Å². The number of aromatic nitrogens is 2. The van der Waals surface area contributed by atoms with E-state index in [2.05, 4.69) is 20.2 Å². The molecule has 0 fully saturated rings. The molecule has 12 nitrogen and oxygen atoms in total. The number of esters is 2. The van der Waals surface area contributed by atoms with E-state index in [4.69, 9.17) is 37.9 Å². The average Bonchev–Trinajstić information content (AvgIpc) is 3.93. The van der Waals surface area contributed by atoms with Crippen LogP contribution in [0, 0.1) is 0 Å². The number of carbonyl (C=O) groups is 2. The molecule has 0 N–H and O–H groups in total. The van der Waals surface area contributed by atoms with Gasteiger partial charge in [0.2, 0.25) is 22.5 Å². The predicted octanol–water partition coefficient (Wildman–Crippen LogP) is 7.49. The molecule has 0 amide bonds. The zero-order valence-corrected chi connectivity index (χ0v) is 33.5. The topological polar surface area (TPSA) is 116 Å². The monoisotopic (exact) mass is 786 g/mol. The Kier molecular flexibility index (Phi) is 18.7. The van der Waals surface area contributed by atoms with Crippen molar-refractivity contribution in [1.29, 1.82) is 0 Å². The van der Waals surface area contributed by atoms with Crippen molar-refractivity contribution in [1.82, 2.24) is 0 Å². The summed E-state index contributed by atoms with van der Waals surface area (Å²) in [6.45, 7) is 3.44. The summed E-state index contributed by atoms with van der Waals surface area (Å²) < 4.78 is 49.5. The molecule has 0 aliphatic rings. The summed E-state index contributed by atoms with van der Waals surface area (Å²) in [5.41, 5.74) is 4.83. The van der Waals surface area contributed by atoms with Crippen molar-refractivity contribution in [2.75, 3.05) is 54.9 Å². The molecule has 0 unspecified atom stereocenters. The highest BCUT2D eigenvalue weighted by Gasteiger charge is 2.20. The maximum Gasteiger partial charge on any atom is 0.338 e. The molecule has 4 aromatic rings. The van der Waals surface area contributed by atoms with Crippen molar-refractivity contribution in [3.8, 4) is 34.5 Å². The Balaban J connectivity index is 1.11. The third-order valence-electron chi connectivity index (χ3n) is 8.57. The van der Waals surface area contributed by atoms with Gasteiger partial charge < -0.3 is 37.9 Å². The van der Waals surface area contributed by atoms with Crippen molar-refractivity contribution >= 4 is 34.6 Å². The highest BCUT2D eigenvalue weighted by atomic mass is 32.1. The fourth-order valence-corrected chi connectivity index (χ4v) is 6.86. The third-order valence-corrected chi connectivity index (χ3v) is 9.91. The minimum absolute atomic E-state index is 0.341. The van der Waals surface area contributed by atoms with Gasteiger partial charge in [-0.15, -0.1) is 0 Å². The van der Waals surface area contributed by atoms with Gasteiger partial charge in [-0.2, -0.15) is 9.13 Å². The molecule has 2 aromatic heterocycles. The smallest absolute Gasteiger partial charge is 0.338 e. The molecule has 14 heteroatoms. The number of hydrogen-bond donors (Lipinski definition) is 0. The van der Waals surface area contributed by atoms with Crippen molar-refractivity contribution in [2.24, 2.45) is 0 Å². The van der Waals surface area contributed by atoms with Crippen molar-refractivity contribution in [3.63, 3.8) is 0 Å². The summed E-state index contributed by atoms with van der Waals surface area (Å²) in [5.74, 6) is 1.79. The minimum Gasteiger partial charge on any atom is -0.493 e. The number of methoxy groups -OCH3 is 4. The molecule has 0 atom stereocenters. The number of benzene rings is 2. The van der Waals surface area contributed by atoms with Crippen LogP contribution in [0.1, 0.15) is 84.9 Å². The summed E-state index contributed by atoms with van der Waals surface area (Å²) in [7, 11) is 6.15. The number of nitrogens with zero attached hydrogens (tertiary/aromatic N) is 2. The summed E-state index contributed by atoms with van der Waals surface area (Å²) in [6.07, 6.45) is 13.2. The number of thiazole rings is 2. The van der Waals surface area contributed by atoms with Crippen LogP contribution in [0.2, 0.25) is 0 Å². The average molecular weight is 787 g/mol. The van der Waals surface area contributed by atoms with Gasteiger partial charge in [0.25, 0.3) is 0 Å². The standard InChI is InChI=1S/C40H54N2O10S2/c1-45-33-25-31(39(43)51-21-13-9-15-41-17-23-53-29-41)26-34(46-2)37(33)49-19-11-7-5-6-8-12-20-50-38-35(47-3)27-32(28-36(38)48-4)40(44)52-22-14-10-16-42-18-24-54-30-42/h17-18,23-30H,5-16,19-22H2,1-4H3/q+2. The molecule has 0 saturated heterocycles. The van der Waals surface area contributed by atoms with E-state index in [0.717, 1.165) is 77.3 Å². The molecule has 2 aromatic carbocycles. The molecule has 0 radical (unpaired) electrons. The molecule has 4 rings (SSSR count). The van der Waals surface area contributed by atoms with Crippen LogP contribution in [-0.4, -0.2) is 66.8 Å². The molecule has 0 spiro atoms. The van der Waals surface area contributed by atoms with Crippen LogP contribution in [0.5, 0.6) is 34.5 Å². The van der Waals surface area contributed by atoms with Crippen LogP contribution in [0.15, 0.2) is 58.4 Å². The third kappa shape index (κ3) is 13.7. The Hall–Kier alpha value is -4.56. The first-order valence-corrected chi connectivity index (χ1v) is 20.3. The van der Waals surface area contributed by atoms with Crippen molar-refractivity contribution in [2.45, 2.75) is 77.3 Å². The number of rotatable bonds is 27. The second-order valence-corrected chi connectivity index (χ2v) is 14.0. The first kappa shape index (κ1) is 42.2. The van der Waals surface area contributed by atoms with E-state index in [1.807, 2.05) is 23.2 Å². The molecular weight excluding hydrogens is 733 g/mol. The van der Waals surface area contributed by atoms with Gasteiger partial charge in [-0.25, -0.2) is 9.59 Å². The van der Waals surface area contributed by atoms with E-state index < -0.39 is 11.9 Å². The molecule has 0 aliphatic heterocycles. The Morgan fingerprint density at radius 3 is 1.19 bits per heavy atom. The molecular formula is C40H54N2O10S2+2. The van der Waals surface area contributed by atoms with Gasteiger partial charge in [0.15, 0.2) is 35.4 Å². The van der Waals surface area contributed by atoms with Gasteiger partial charge in [0.05, 0.1) is 76.8 Å². The lowest BCUT2D eigenvalue weighted by Crippen LogP contribution is -2.29. The maximum absolute atomic E-state index is 12.7. The lowest BCUT2D eigenvalue weighted by Gasteiger charge is -2.16. The zero-order chi connectivity index (χ0) is 38.4. The first-order valence-electron chi connectivity index (χ1n) is 18.4. The first-order chi connectivity index (χ1) is 26.5. The number of ether oxygens (including phenoxy) is 8. The molecule has 0 bridgehead atoms. The highest BCUT2D eigenvalue weighted by molar-refractivity contribution is 7.07. The van der Waals surface area contributed by atoms with E-state index in [9.17, 15) is 9.59 Å². The van der Waals surface area contributed by atoms with E-state index in [1.165, 1.54) is 28.4 Å². The van der Waals surface area contributed by atoms with Gasteiger partial charge >= 0.3 is 11.9 Å². The van der Waals surface area contributed by atoms with E-state index in [-0.39, 0.29) is 0 Å². The fraction of sp³-hybridized carbons (Fsp3) is 0.500. The predicted molar refractivity (Wildman–Crippen MR) is 206 cm³/mol. The van der Waals surface area contributed by atoms with Crippen LogP contribution in [0.25, 0.3) is 0 Å². The SMILES string of the molecule is COc1cc(C(=O)OCCCC[n+]2ccsc2)cc(OC)c1OCCCCCCCCOc1c(OC)cc(C(=O)OCCCC[n+]2ccsc2)cc1OC. The summed E-state index contributed by atoms with van der Waals surface area (Å²) in [6, 6.07) is 6.53. The van der Waals surface area contributed by atoms with Gasteiger partial charge in [0, 0.05) is 12.8 Å². The summed E-state index contributed by atoms with van der Waals surface area (Å²) in [5, 5.41) is 4.07. The molecule has 54 heavy (non-hydrogen) atoms. The highest BCUT2D eigenvalue weighted by Crippen LogP contribution is 2.40. The number of unbranched alkanes of at least 4 members (excludes halogenated alkanes) is 7. The Bertz CT molecular complexity index is 1510. The number of hydrogen-bond acceptors (Lipinski definition) is 12. The van der Waals surface area contributed by atoms with Gasteiger partial charge in [0.1, 0.15) is 13.1 Å². The van der Waals surface area contributed by atoms with E-state index in [0.29, 0.717) is 72.1 Å². The van der Waals surface area contributed by atoms with Gasteiger partial charge in [-0.1, -0.05) is 48.4 Å². The van der Waals surface area contributed by atoms with E-state index in [1.54, 1.807) is 46.9 Å². The minimum atomic E-state index is -0.425. The normalized spacial score (nSPS) is 10.8. The van der Waals surface area contributed by atoms with Crippen molar-refractivity contribution < 1.29 is 56.6 Å². The van der Waals surface area contributed by atoms with Gasteiger partial charge in [-0.05, 0) is 49.9 Å². The maximum atomic E-state index is 12.7. The summed E-state index contributed by atoms with van der Waals surface area (Å²) in [4.78, 5) is 25.5. The molecule has 294 valence electrons. The second-order valence-electron chi connectivity index (χ2n) is 12.5. The summed E-state index contributed by atoms with van der Waals surface area (Å²) >= 11 is 3.31. The Morgan fingerprint density at radius 1 is 0.500 bits per heavy atom. The van der Waals surface area contributed by atoms with Gasteiger partial charge in [-0.3, -0.25) is 0 Å². The molecule has 0 aliphatic carbocycles. The molecule has 2 heterocycles. The Morgan fingerprint density at radius 2 is 0.852 bits per heavy atom. The van der Waals surface area contributed by atoms with Crippen molar-refractivity contribution in [3.05, 3.63) is 69.6 Å². The number of carbonyl (C=O) groups excluding carboxylic acids is 2. The van der Waals surface area contributed by atoms with Crippen LogP contribution in [-0.2, 0) is 22.6 Å². The van der Waals surface area contributed by atoms with Crippen LogP contribution >= 0.6 is 22.7 Å². The van der Waals surface area contributed by atoms with Crippen LogP contribution in [0.4, 0.5) is 0 Å². The lowest BCUT2D eigenvalue weighted by atomic mass is 10.1. The van der Waals surface area contributed by atoms with E-state index >= 15 is 0 Å². The zero-order valence-electron chi connectivity index (χ0n) is 31.9. The Labute approximate surface area is 326 Å². The largest absolute Gasteiger partial charge is 0.493 e. The fourth-order valence-electron chi connectivity index (χ4n) is 5.61. The lowest BCUT2D eigenvalue weighted by molar-refractivity contribution is -0.692. The quantitative estimate of drug-likeness (QED) is 0.0342. The second kappa shape index (κ2) is 24.0.